The molecule has 0 radical (unpaired) electrons. The van der Waals surface area contributed by atoms with Crippen molar-refractivity contribution in [3.63, 3.8) is 0 Å². The Kier molecular flexibility index (Phi) is 7.60. The van der Waals surface area contributed by atoms with Gasteiger partial charge in [0.1, 0.15) is 5.02 Å². The Hall–Kier alpha value is -2.40. The highest BCUT2D eigenvalue weighted by Crippen LogP contribution is 2.32. The van der Waals surface area contributed by atoms with Gasteiger partial charge >= 0.3 is 0 Å². The van der Waals surface area contributed by atoms with E-state index in [2.05, 4.69) is 14.9 Å². The van der Waals surface area contributed by atoms with Crippen LogP contribution in [0.15, 0.2) is 28.9 Å². The molecule has 0 aliphatic heterocycles. The zero-order valence-corrected chi connectivity index (χ0v) is 19.8. The molecule has 0 aliphatic carbocycles. The second-order valence-corrected chi connectivity index (χ2v) is 9.97. The van der Waals surface area contributed by atoms with Gasteiger partial charge in [-0.25, -0.2) is 13.4 Å². The first-order chi connectivity index (χ1) is 15.1. The molecule has 0 atom stereocenters. The molecule has 3 aromatic rings. The molecule has 0 aliphatic rings. The summed E-state index contributed by atoms with van der Waals surface area (Å²) in [6.07, 6.45) is 1.35. The molecular formula is C20H21Cl2N3O6S. The van der Waals surface area contributed by atoms with E-state index in [0.717, 1.165) is 0 Å². The van der Waals surface area contributed by atoms with Gasteiger partial charge in [0, 0.05) is 24.4 Å². The van der Waals surface area contributed by atoms with Crippen molar-refractivity contribution in [1.29, 1.82) is 0 Å². The van der Waals surface area contributed by atoms with E-state index in [1.807, 2.05) is 13.8 Å². The maximum Gasteiger partial charge on any atom is 0.236 e. The van der Waals surface area contributed by atoms with Gasteiger partial charge in [-0.3, -0.25) is 9.52 Å². The molecule has 1 N–H and O–H groups in total. The first kappa shape index (κ1) is 24.2. The molecule has 0 bridgehead atoms. The molecule has 0 fully saturated rings. The zero-order valence-electron chi connectivity index (χ0n) is 17.5. The molecule has 2 aromatic heterocycles. The topological polar surface area (TPSA) is 121 Å². The predicted octanol–water partition coefficient (Wildman–Crippen LogP) is 4.18. The first-order valence-electron chi connectivity index (χ1n) is 9.52. The van der Waals surface area contributed by atoms with Crippen molar-refractivity contribution in [2.45, 2.75) is 13.8 Å². The number of pyridine rings is 1. The second kappa shape index (κ2) is 10.0. The number of nitrogens with zero attached hydrogens (tertiary/aromatic N) is 2. The van der Waals surface area contributed by atoms with Crippen molar-refractivity contribution in [1.82, 2.24) is 10.1 Å². The van der Waals surface area contributed by atoms with Crippen molar-refractivity contribution in [3.8, 4) is 5.88 Å². The number of halogens is 2. The van der Waals surface area contributed by atoms with Crippen LogP contribution in [-0.4, -0.2) is 50.4 Å². The summed E-state index contributed by atoms with van der Waals surface area (Å²) in [7, 11) is -2.30. The molecule has 12 heteroatoms. The highest BCUT2D eigenvalue weighted by atomic mass is 35.5. The van der Waals surface area contributed by atoms with Crippen LogP contribution in [0.2, 0.25) is 10.0 Å². The fourth-order valence-electron chi connectivity index (χ4n) is 2.65. The summed E-state index contributed by atoms with van der Waals surface area (Å²) in [5.74, 6) is -0.212. The van der Waals surface area contributed by atoms with Crippen molar-refractivity contribution < 1.29 is 27.2 Å². The Bertz CT molecular complexity index is 1240. The third-order valence-corrected chi connectivity index (χ3v) is 6.03. The molecule has 0 unspecified atom stereocenters. The summed E-state index contributed by atoms with van der Waals surface area (Å²) in [6.45, 7) is 4.43. The molecule has 3 rings (SSSR count). The van der Waals surface area contributed by atoms with E-state index >= 15 is 0 Å². The summed E-state index contributed by atoms with van der Waals surface area (Å²) in [5.41, 5.74) is 0.504. The van der Waals surface area contributed by atoms with Crippen LogP contribution in [0.4, 0.5) is 5.82 Å². The molecule has 0 saturated heterocycles. The number of carbonyl (C=O) groups excluding carboxylic acids is 1. The number of ether oxygens (including phenoxy) is 2. The molecule has 9 nitrogen and oxygen atoms in total. The molecule has 2 heterocycles. The average molecular weight is 502 g/mol. The van der Waals surface area contributed by atoms with Crippen LogP contribution in [0.25, 0.3) is 11.0 Å². The maximum atomic E-state index is 13.0. The highest BCUT2D eigenvalue weighted by molar-refractivity contribution is 7.92. The smallest absolute Gasteiger partial charge is 0.236 e. The number of ketones is 1. The first-order valence-corrected chi connectivity index (χ1v) is 11.9. The Morgan fingerprint density at radius 2 is 1.97 bits per heavy atom. The van der Waals surface area contributed by atoms with Gasteiger partial charge in [-0.15, -0.1) is 0 Å². The van der Waals surface area contributed by atoms with Crippen molar-refractivity contribution in [2.75, 3.05) is 30.8 Å². The summed E-state index contributed by atoms with van der Waals surface area (Å²) < 4.78 is 42.0. The van der Waals surface area contributed by atoms with E-state index < -0.39 is 15.8 Å². The standard InChI is InChI=1S/C20H21Cl2N3O6S/c1-11(2)10-30-20-16(22)6-12(9-23-20)18(26)13-8-17-14(7-15(13)21)19(24-31-17)25-32(27,28)5-4-29-3/h6-9,11H,4-5,10H2,1-3H3,(H,24,25). The number of sulfonamides is 1. The number of rotatable bonds is 10. The van der Waals surface area contributed by atoms with Gasteiger partial charge < -0.3 is 14.0 Å². The van der Waals surface area contributed by atoms with E-state index in [0.29, 0.717) is 12.0 Å². The molecule has 172 valence electrons. The number of carbonyl (C=O) groups is 1. The lowest BCUT2D eigenvalue weighted by atomic mass is 10.0. The molecule has 32 heavy (non-hydrogen) atoms. The zero-order chi connectivity index (χ0) is 23.5. The van der Waals surface area contributed by atoms with Gasteiger partial charge in [0.15, 0.2) is 17.2 Å². The quantitative estimate of drug-likeness (QED) is 0.410. The van der Waals surface area contributed by atoms with Gasteiger partial charge in [-0.1, -0.05) is 42.2 Å². The van der Waals surface area contributed by atoms with Gasteiger partial charge in [0.2, 0.25) is 15.9 Å². The minimum atomic E-state index is -3.70. The van der Waals surface area contributed by atoms with Gasteiger partial charge in [0.25, 0.3) is 0 Å². The lowest BCUT2D eigenvalue weighted by Gasteiger charge is -2.10. The van der Waals surface area contributed by atoms with Gasteiger partial charge in [-0.2, -0.15) is 0 Å². The molecular weight excluding hydrogens is 481 g/mol. The van der Waals surface area contributed by atoms with E-state index in [9.17, 15) is 13.2 Å². The number of hydrogen-bond acceptors (Lipinski definition) is 8. The van der Waals surface area contributed by atoms with Crippen LogP contribution >= 0.6 is 23.2 Å². The van der Waals surface area contributed by atoms with Crippen LogP contribution in [0.1, 0.15) is 29.8 Å². The van der Waals surface area contributed by atoms with Crippen molar-refractivity contribution in [2.24, 2.45) is 5.92 Å². The predicted molar refractivity (Wildman–Crippen MR) is 121 cm³/mol. The number of anilines is 1. The molecule has 1 aromatic carbocycles. The van der Waals surface area contributed by atoms with Crippen LogP contribution in [0, 0.1) is 5.92 Å². The lowest BCUT2D eigenvalue weighted by molar-refractivity contribution is 0.103. The third-order valence-electron chi connectivity index (χ3n) is 4.24. The van der Waals surface area contributed by atoms with Crippen LogP contribution in [-0.2, 0) is 14.8 Å². The van der Waals surface area contributed by atoms with Crippen molar-refractivity contribution in [3.05, 3.63) is 45.6 Å². The average Bonchev–Trinajstić information content (AvgIpc) is 3.11. The number of nitrogens with one attached hydrogen (secondary N) is 1. The molecule has 0 saturated carbocycles. The lowest BCUT2D eigenvalue weighted by Crippen LogP contribution is -2.19. The fraction of sp³-hybridized carbons (Fsp3) is 0.350. The number of fused-ring (bicyclic) bond motifs is 1. The fourth-order valence-corrected chi connectivity index (χ4v) is 4.05. The van der Waals surface area contributed by atoms with Crippen LogP contribution < -0.4 is 9.46 Å². The number of benzene rings is 1. The summed E-state index contributed by atoms with van der Waals surface area (Å²) >= 11 is 12.5. The molecule has 0 amide bonds. The second-order valence-electron chi connectivity index (χ2n) is 7.32. The number of hydrogen-bond donors (Lipinski definition) is 1. The number of methoxy groups -OCH3 is 1. The minimum absolute atomic E-state index is 0.0163. The monoisotopic (exact) mass is 501 g/mol. The van der Waals surface area contributed by atoms with E-state index in [4.69, 9.17) is 37.2 Å². The maximum absolute atomic E-state index is 13.0. The van der Waals surface area contributed by atoms with E-state index in [-0.39, 0.29) is 56.7 Å². The minimum Gasteiger partial charge on any atom is -0.476 e. The Morgan fingerprint density at radius 1 is 1.22 bits per heavy atom. The van der Waals surface area contributed by atoms with Crippen molar-refractivity contribution >= 4 is 55.8 Å². The van der Waals surface area contributed by atoms with Gasteiger partial charge in [0.05, 0.1) is 29.4 Å². The SMILES string of the molecule is COCCS(=O)(=O)Nc1noc2cc(C(=O)c3cnc(OCC(C)C)c(Cl)c3)c(Cl)cc12. The Labute approximate surface area is 195 Å². The third kappa shape index (κ3) is 5.69. The molecule has 0 spiro atoms. The summed E-state index contributed by atoms with van der Waals surface area (Å²) in [4.78, 5) is 17.1. The Balaban J connectivity index is 1.87. The summed E-state index contributed by atoms with van der Waals surface area (Å²) in [5, 5.41) is 4.32. The highest BCUT2D eigenvalue weighted by Gasteiger charge is 2.21. The Morgan fingerprint density at radius 3 is 2.62 bits per heavy atom. The normalized spacial score (nSPS) is 11.8. The van der Waals surface area contributed by atoms with E-state index in [1.54, 1.807) is 0 Å². The van der Waals surface area contributed by atoms with E-state index in [1.165, 1.54) is 31.5 Å². The van der Waals surface area contributed by atoms with Crippen LogP contribution in [0.5, 0.6) is 5.88 Å². The largest absolute Gasteiger partial charge is 0.476 e. The van der Waals surface area contributed by atoms with Crippen LogP contribution in [0.3, 0.4) is 0 Å². The summed E-state index contributed by atoms with van der Waals surface area (Å²) in [6, 6.07) is 4.24. The van der Waals surface area contributed by atoms with Gasteiger partial charge in [-0.05, 0) is 24.1 Å². The number of aromatic nitrogens is 2.